The molecule has 1 aromatic carbocycles. The van der Waals surface area contributed by atoms with Crippen molar-refractivity contribution in [2.75, 3.05) is 14.2 Å². The second-order valence-electron chi connectivity index (χ2n) is 5.22. The van der Waals surface area contributed by atoms with Crippen molar-refractivity contribution in [1.82, 2.24) is 0 Å². The third-order valence-electron chi connectivity index (χ3n) is 3.95. The third kappa shape index (κ3) is 1.74. The maximum atomic E-state index is 12.1. The number of para-hydroxylation sites is 1. The Hall–Kier alpha value is -1.55. The van der Waals surface area contributed by atoms with Crippen LogP contribution in [-0.4, -0.2) is 25.8 Å². The minimum Gasteiger partial charge on any atom is -0.496 e. The fourth-order valence-electron chi connectivity index (χ4n) is 2.88. The van der Waals surface area contributed by atoms with Gasteiger partial charge in [0.15, 0.2) is 0 Å². The van der Waals surface area contributed by atoms with Crippen LogP contribution in [0.2, 0.25) is 0 Å². The van der Waals surface area contributed by atoms with Crippen LogP contribution in [-0.2, 0) is 19.9 Å². The summed E-state index contributed by atoms with van der Waals surface area (Å²) in [6, 6.07) is 7.59. The number of carbonyl (C=O) groups is 1. The van der Waals surface area contributed by atoms with Crippen molar-refractivity contribution in [3.8, 4) is 5.75 Å². The van der Waals surface area contributed by atoms with E-state index in [1.807, 2.05) is 45.0 Å². The Labute approximate surface area is 113 Å². The minimum absolute atomic E-state index is 0.00913. The molecule has 19 heavy (non-hydrogen) atoms. The largest absolute Gasteiger partial charge is 0.496 e. The van der Waals surface area contributed by atoms with E-state index in [9.17, 15) is 4.79 Å². The summed E-state index contributed by atoms with van der Waals surface area (Å²) in [5, 5.41) is 0. The predicted octanol–water partition coefficient (Wildman–Crippen LogP) is 2.51. The van der Waals surface area contributed by atoms with Gasteiger partial charge in [-0.2, -0.15) is 0 Å². The molecule has 1 aliphatic heterocycles. The van der Waals surface area contributed by atoms with Crippen LogP contribution < -0.4 is 4.74 Å². The quantitative estimate of drug-likeness (QED) is 0.619. The van der Waals surface area contributed by atoms with E-state index in [-0.39, 0.29) is 11.9 Å². The molecule has 0 amide bonds. The average Bonchev–Trinajstić information content (AvgIpc) is 3.07. The molecule has 1 saturated heterocycles. The molecule has 1 heterocycles. The first-order chi connectivity index (χ1) is 8.94. The molecule has 1 aliphatic rings. The van der Waals surface area contributed by atoms with Crippen LogP contribution in [0.25, 0.3) is 0 Å². The predicted molar refractivity (Wildman–Crippen MR) is 71.0 cm³/mol. The lowest BCUT2D eigenvalue weighted by Crippen LogP contribution is -2.37. The zero-order valence-electron chi connectivity index (χ0n) is 12.0. The molecule has 4 heteroatoms. The second-order valence-corrected chi connectivity index (χ2v) is 5.22. The lowest BCUT2D eigenvalue weighted by molar-refractivity contribution is -0.148. The summed E-state index contributed by atoms with van der Waals surface area (Å²) in [4.78, 5) is 12.1. The first-order valence-electron chi connectivity index (χ1n) is 6.36. The van der Waals surface area contributed by atoms with E-state index in [0.29, 0.717) is 0 Å². The Kier molecular flexibility index (Phi) is 3.31. The summed E-state index contributed by atoms with van der Waals surface area (Å²) < 4.78 is 16.2. The summed E-state index contributed by atoms with van der Waals surface area (Å²) in [6.07, 6.45) is 0. The van der Waals surface area contributed by atoms with Gasteiger partial charge in [0.05, 0.1) is 14.2 Å². The van der Waals surface area contributed by atoms with Gasteiger partial charge < -0.3 is 14.2 Å². The van der Waals surface area contributed by atoms with Crippen molar-refractivity contribution >= 4 is 5.97 Å². The van der Waals surface area contributed by atoms with Gasteiger partial charge in [0, 0.05) is 5.56 Å². The number of epoxide rings is 1. The van der Waals surface area contributed by atoms with Crippen molar-refractivity contribution in [1.29, 1.82) is 0 Å². The SMILES string of the molecule is COC(=O)C1(C(C)C)OC1(C)c1ccccc1OC. The molecule has 0 saturated carbocycles. The number of benzene rings is 1. The zero-order valence-corrected chi connectivity index (χ0v) is 12.0. The normalized spacial score (nSPS) is 29.2. The fourth-order valence-corrected chi connectivity index (χ4v) is 2.88. The number of ether oxygens (including phenoxy) is 3. The first kappa shape index (κ1) is 13.9. The highest BCUT2D eigenvalue weighted by molar-refractivity contribution is 5.86. The molecule has 1 fully saturated rings. The van der Waals surface area contributed by atoms with E-state index in [2.05, 4.69) is 0 Å². The second kappa shape index (κ2) is 4.53. The van der Waals surface area contributed by atoms with E-state index in [1.54, 1.807) is 7.11 Å². The standard InChI is InChI=1S/C15H20O4/c1-10(2)15(13(16)18-5)14(3,19-15)11-8-6-7-9-12(11)17-4/h6-10H,1-5H3. The number of methoxy groups -OCH3 is 2. The van der Waals surface area contributed by atoms with Gasteiger partial charge in [0.2, 0.25) is 5.60 Å². The van der Waals surface area contributed by atoms with Crippen molar-refractivity contribution in [3.63, 3.8) is 0 Å². The van der Waals surface area contributed by atoms with Gasteiger partial charge >= 0.3 is 5.97 Å². The van der Waals surface area contributed by atoms with E-state index in [1.165, 1.54) is 7.11 Å². The molecular formula is C15H20O4. The smallest absolute Gasteiger partial charge is 0.341 e. The highest BCUT2D eigenvalue weighted by atomic mass is 16.7. The zero-order chi connectivity index (χ0) is 14.3. The van der Waals surface area contributed by atoms with Gasteiger partial charge in [-0.15, -0.1) is 0 Å². The van der Waals surface area contributed by atoms with Gasteiger partial charge in [-0.3, -0.25) is 0 Å². The van der Waals surface area contributed by atoms with E-state index in [0.717, 1.165) is 11.3 Å². The Bertz CT molecular complexity index is 497. The molecule has 4 nitrogen and oxygen atoms in total. The first-order valence-corrected chi connectivity index (χ1v) is 6.36. The van der Waals surface area contributed by atoms with Gasteiger partial charge in [0.1, 0.15) is 11.4 Å². The summed E-state index contributed by atoms with van der Waals surface area (Å²) in [5.41, 5.74) is -0.770. The molecule has 2 unspecified atom stereocenters. The Morgan fingerprint density at radius 1 is 1.26 bits per heavy atom. The fraction of sp³-hybridized carbons (Fsp3) is 0.533. The topological polar surface area (TPSA) is 48.1 Å². The summed E-state index contributed by atoms with van der Waals surface area (Å²) in [6.45, 7) is 5.82. The summed E-state index contributed by atoms with van der Waals surface area (Å²) in [5.74, 6) is 0.391. The molecule has 2 rings (SSSR count). The number of esters is 1. The van der Waals surface area contributed by atoms with Crippen LogP contribution in [0.4, 0.5) is 0 Å². The average molecular weight is 264 g/mol. The van der Waals surface area contributed by atoms with Crippen LogP contribution >= 0.6 is 0 Å². The van der Waals surface area contributed by atoms with Crippen LogP contribution in [0, 0.1) is 5.92 Å². The van der Waals surface area contributed by atoms with Gasteiger partial charge in [-0.05, 0) is 18.9 Å². The maximum Gasteiger partial charge on any atom is 0.341 e. The molecule has 0 radical (unpaired) electrons. The lowest BCUT2D eigenvalue weighted by Gasteiger charge is -2.20. The highest BCUT2D eigenvalue weighted by Gasteiger charge is 2.75. The molecule has 0 aromatic heterocycles. The van der Waals surface area contributed by atoms with Crippen molar-refractivity contribution in [2.24, 2.45) is 5.92 Å². The molecule has 0 N–H and O–H groups in total. The Balaban J connectivity index is 2.48. The molecular weight excluding hydrogens is 244 g/mol. The molecule has 0 aliphatic carbocycles. The van der Waals surface area contributed by atoms with Gasteiger partial charge in [-0.25, -0.2) is 4.79 Å². The maximum absolute atomic E-state index is 12.1. The minimum atomic E-state index is -0.934. The van der Waals surface area contributed by atoms with Crippen LogP contribution in [0.3, 0.4) is 0 Å². The van der Waals surface area contributed by atoms with E-state index in [4.69, 9.17) is 14.2 Å². The van der Waals surface area contributed by atoms with Gasteiger partial charge in [0.25, 0.3) is 0 Å². The monoisotopic (exact) mass is 264 g/mol. The number of hydrogen-bond acceptors (Lipinski definition) is 4. The van der Waals surface area contributed by atoms with Crippen molar-refractivity contribution in [3.05, 3.63) is 29.8 Å². The van der Waals surface area contributed by atoms with Crippen LogP contribution in [0.1, 0.15) is 26.3 Å². The van der Waals surface area contributed by atoms with Crippen LogP contribution in [0.15, 0.2) is 24.3 Å². The number of rotatable bonds is 4. The highest BCUT2D eigenvalue weighted by Crippen LogP contribution is 2.61. The Morgan fingerprint density at radius 3 is 2.42 bits per heavy atom. The van der Waals surface area contributed by atoms with Crippen molar-refractivity contribution in [2.45, 2.75) is 32.0 Å². The summed E-state index contributed by atoms with van der Waals surface area (Å²) in [7, 11) is 3.00. The van der Waals surface area contributed by atoms with Crippen molar-refractivity contribution < 1.29 is 19.0 Å². The van der Waals surface area contributed by atoms with E-state index >= 15 is 0 Å². The van der Waals surface area contributed by atoms with Crippen LogP contribution in [0.5, 0.6) is 5.75 Å². The lowest BCUT2D eigenvalue weighted by atomic mass is 9.80. The third-order valence-corrected chi connectivity index (χ3v) is 3.95. The number of carbonyl (C=O) groups excluding carboxylic acids is 1. The Morgan fingerprint density at radius 2 is 1.89 bits per heavy atom. The molecule has 104 valence electrons. The van der Waals surface area contributed by atoms with E-state index < -0.39 is 11.2 Å². The molecule has 1 aromatic rings. The van der Waals surface area contributed by atoms with Gasteiger partial charge in [-0.1, -0.05) is 32.0 Å². The molecule has 0 bridgehead atoms. The molecule has 0 spiro atoms. The summed E-state index contributed by atoms with van der Waals surface area (Å²) >= 11 is 0. The molecule has 2 atom stereocenters. The number of hydrogen-bond donors (Lipinski definition) is 0.